The number of hydrogen-bond donors (Lipinski definition) is 1. The molecule has 1 aliphatic heterocycles. The molecular weight excluding hydrogens is 228 g/mol. The first kappa shape index (κ1) is 12.8. The van der Waals surface area contributed by atoms with E-state index in [1.165, 1.54) is 22.8 Å². The molecule has 94 valence electrons. The van der Waals surface area contributed by atoms with Crippen LogP contribution in [0.25, 0.3) is 0 Å². The van der Waals surface area contributed by atoms with E-state index in [0.29, 0.717) is 6.04 Å². The topological polar surface area (TPSA) is 15.3 Å². The summed E-state index contributed by atoms with van der Waals surface area (Å²) in [6.45, 7) is 7.78. The van der Waals surface area contributed by atoms with Gasteiger partial charge in [0, 0.05) is 42.9 Å². The predicted octanol–water partition coefficient (Wildman–Crippen LogP) is 2.53. The normalized spacial score (nSPS) is 20.2. The Morgan fingerprint density at radius 2 is 2.24 bits per heavy atom. The zero-order valence-corrected chi connectivity index (χ0v) is 11.6. The summed E-state index contributed by atoms with van der Waals surface area (Å²) in [7, 11) is 0. The average molecular weight is 250 g/mol. The number of benzene rings is 1. The van der Waals surface area contributed by atoms with Crippen molar-refractivity contribution >= 4 is 17.4 Å². The molecule has 1 unspecified atom stereocenters. The minimum Gasteiger partial charge on any atom is -0.370 e. The second kappa shape index (κ2) is 6.31. The number of hydrogen-bond acceptors (Lipinski definition) is 3. The first-order valence-electron chi connectivity index (χ1n) is 6.43. The van der Waals surface area contributed by atoms with E-state index >= 15 is 0 Å². The Hall–Kier alpha value is -0.670. The highest BCUT2D eigenvalue weighted by Crippen LogP contribution is 2.20. The highest BCUT2D eigenvalue weighted by atomic mass is 32.2. The van der Waals surface area contributed by atoms with Crippen molar-refractivity contribution in [3.63, 3.8) is 0 Å². The molecule has 17 heavy (non-hydrogen) atoms. The third-order valence-corrected chi connectivity index (χ3v) is 4.41. The molecule has 1 aromatic rings. The van der Waals surface area contributed by atoms with Gasteiger partial charge in [-0.3, -0.25) is 0 Å². The molecule has 1 saturated heterocycles. The fourth-order valence-corrected chi connectivity index (χ4v) is 3.26. The Morgan fingerprint density at radius 1 is 1.41 bits per heavy atom. The Bertz CT molecular complexity index is 348. The Balaban J connectivity index is 2.03. The predicted molar refractivity (Wildman–Crippen MR) is 78.2 cm³/mol. The van der Waals surface area contributed by atoms with E-state index in [1.54, 1.807) is 0 Å². The molecule has 1 aromatic carbocycles. The summed E-state index contributed by atoms with van der Waals surface area (Å²) in [5, 5.41) is 3.61. The number of aryl methyl sites for hydroxylation is 1. The number of likely N-dealkylation sites (N-methyl/N-ethyl adjacent to an activating group) is 1. The van der Waals surface area contributed by atoms with Gasteiger partial charge in [0.2, 0.25) is 0 Å². The molecule has 0 spiro atoms. The number of para-hydroxylation sites is 1. The molecule has 0 saturated carbocycles. The van der Waals surface area contributed by atoms with Gasteiger partial charge in [-0.1, -0.05) is 18.2 Å². The molecule has 0 radical (unpaired) electrons. The maximum atomic E-state index is 3.61. The molecule has 3 heteroatoms. The van der Waals surface area contributed by atoms with Crippen LogP contribution in [0.1, 0.15) is 12.5 Å². The Kier molecular flexibility index (Phi) is 4.75. The van der Waals surface area contributed by atoms with Gasteiger partial charge in [0.25, 0.3) is 0 Å². The van der Waals surface area contributed by atoms with Gasteiger partial charge in [0.05, 0.1) is 0 Å². The highest BCUT2D eigenvalue weighted by Gasteiger charge is 2.17. The molecule has 2 nitrogen and oxygen atoms in total. The van der Waals surface area contributed by atoms with Crippen LogP contribution >= 0.6 is 11.8 Å². The quantitative estimate of drug-likeness (QED) is 0.884. The van der Waals surface area contributed by atoms with E-state index in [2.05, 4.69) is 60.1 Å². The molecule has 1 N–H and O–H groups in total. The second-order valence-electron chi connectivity index (χ2n) is 4.55. The minimum absolute atomic E-state index is 0.633. The number of thioether (sulfide) groups is 1. The zero-order chi connectivity index (χ0) is 12.1. The molecule has 2 rings (SSSR count). The molecule has 0 aromatic heterocycles. The highest BCUT2D eigenvalue weighted by molar-refractivity contribution is 7.99. The van der Waals surface area contributed by atoms with Gasteiger partial charge >= 0.3 is 0 Å². The first-order chi connectivity index (χ1) is 8.31. The lowest BCUT2D eigenvalue weighted by Gasteiger charge is -2.32. The van der Waals surface area contributed by atoms with E-state index in [9.17, 15) is 0 Å². The fraction of sp³-hybridized carbons (Fsp3) is 0.571. The molecule has 0 amide bonds. The van der Waals surface area contributed by atoms with E-state index in [-0.39, 0.29) is 0 Å². The van der Waals surface area contributed by atoms with E-state index in [1.807, 2.05) is 0 Å². The van der Waals surface area contributed by atoms with E-state index in [4.69, 9.17) is 0 Å². The third kappa shape index (κ3) is 3.39. The van der Waals surface area contributed by atoms with Crippen LogP contribution in [0.5, 0.6) is 0 Å². The maximum Gasteiger partial charge on any atom is 0.0396 e. The van der Waals surface area contributed by atoms with Crippen LogP contribution in [0, 0.1) is 6.92 Å². The molecular formula is C14H22N2S. The Morgan fingerprint density at radius 3 is 2.88 bits per heavy atom. The van der Waals surface area contributed by atoms with Crippen LogP contribution in [-0.2, 0) is 0 Å². The van der Waals surface area contributed by atoms with Crippen LogP contribution in [0.15, 0.2) is 24.3 Å². The molecule has 1 atom stereocenters. The summed E-state index contributed by atoms with van der Waals surface area (Å²) in [5.74, 6) is 2.50. The van der Waals surface area contributed by atoms with Gasteiger partial charge in [-0.25, -0.2) is 0 Å². The van der Waals surface area contributed by atoms with Gasteiger partial charge in [0.15, 0.2) is 0 Å². The SMILES string of the molecule is CCN(CC1CSCCN1)c1ccccc1C. The van der Waals surface area contributed by atoms with Crippen molar-refractivity contribution in [2.45, 2.75) is 19.9 Å². The van der Waals surface area contributed by atoms with Crippen molar-refractivity contribution in [2.75, 3.05) is 36.0 Å². The van der Waals surface area contributed by atoms with Crippen LogP contribution < -0.4 is 10.2 Å². The van der Waals surface area contributed by atoms with Gasteiger partial charge in [-0.05, 0) is 25.5 Å². The first-order valence-corrected chi connectivity index (χ1v) is 7.58. The summed E-state index contributed by atoms with van der Waals surface area (Å²) in [6, 6.07) is 9.30. The second-order valence-corrected chi connectivity index (χ2v) is 5.70. The van der Waals surface area contributed by atoms with Gasteiger partial charge in [-0.15, -0.1) is 0 Å². The molecule has 1 heterocycles. The van der Waals surface area contributed by atoms with Crippen molar-refractivity contribution in [1.82, 2.24) is 5.32 Å². The van der Waals surface area contributed by atoms with Crippen LogP contribution in [0.4, 0.5) is 5.69 Å². The van der Waals surface area contributed by atoms with Crippen LogP contribution in [-0.4, -0.2) is 37.2 Å². The summed E-state index contributed by atoms with van der Waals surface area (Å²) in [4.78, 5) is 2.48. The van der Waals surface area contributed by atoms with Gasteiger partial charge < -0.3 is 10.2 Å². The van der Waals surface area contributed by atoms with Crippen molar-refractivity contribution in [3.05, 3.63) is 29.8 Å². The molecule has 0 aliphatic carbocycles. The number of nitrogens with one attached hydrogen (secondary N) is 1. The number of anilines is 1. The lowest BCUT2D eigenvalue weighted by atomic mass is 10.1. The molecule has 1 fully saturated rings. The van der Waals surface area contributed by atoms with Crippen molar-refractivity contribution in [2.24, 2.45) is 0 Å². The average Bonchev–Trinajstić information content (AvgIpc) is 2.38. The van der Waals surface area contributed by atoms with E-state index < -0.39 is 0 Å². The van der Waals surface area contributed by atoms with Crippen molar-refractivity contribution in [1.29, 1.82) is 0 Å². The van der Waals surface area contributed by atoms with Gasteiger partial charge in [-0.2, -0.15) is 11.8 Å². The fourth-order valence-electron chi connectivity index (χ4n) is 2.32. The van der Waals surface area contributed by atoms with Crippen molar-refractivity contribution in [3.8, 4) is 0 Å². The van der Waals surface area contributed by atoms with Gasteiger partial charge in [0.1, 0.15) is 0 Å². The smallest absolute Gasteiger partial charge is 0.0396 e. The standard InChI is InChI=1S/C14H22N2S/c1-3-16(10-13-11-17-9-8-15-13)14-7-5-4-6-12(14)2/h4-7,13,15H,3,8-11H2,1-2H3. The van der Waals surface area contributed by atoms with Crippen molar-refractivity contribution < 1.29 is 0 Å². The lowest BCUT2D eigenvalue weighted by molar-refractivity contribution is 0.553. The van der Waals surface area contributed by atoms with Crippen LogP contribution in [0.2, 0.25) is 0 Å². The number of nitrogens with zero attached hydrogens (tertiary/aromatic N) is 1. The van der Waals surface area contributed by atoms with E-state index in [0.717, 1.165) is 19.6 Å². The Labute approximate surface area is 109 Å². The number of rotatable bonds is 4. The largest absolute Gasteiger partial charge is 0.370 e. The summed E-state index contributed by atoms with van der Waals surface area (Å²) < 4.78 is 0. The third-order valence-electron chi connectivity index (χ3n) is 3.28. The monoisotopic (exact) mass is 250 g/mol. The lowest BCUT2D eigenvalue weighted by Crippen LogP contribution is -2.46. The molecule has 0 bridgehead atoms. The summed E-state index contributed by atoms with van der Waals surface area (Å²) in [6.07, 6.45) is 0. The summed E-state index contributed by atoms with van der Waals surface area (Å²) >= 11 is 2.07. The maximum absolute atomic E-state index is 3.61. The zero-order valence-electron chi connectivity index (χ0n) is 10.8. The summed E-state index contributed by atoms with van der Waals surface area (Å²) in [5.41, 5.74) is 2.75. The van der Waals surface area contributed by atoms with Crippen LogP contribution in [0.3, 0.4) is 0 Å². The minimum atomic E-state index is 0.633. The molecule has 1 aliphatic rings.